The number of alkyl halides is 3. The Labute approximate surface area is 223 Å². The summed E-state index contributed by atoms with van der Waals surface area (Å²) in [5.74, 6) is -0.855. The van der Waals surface area contributed by atoms with E-state index in [2.05, 4.69) is 9.97 Å². The Morgan fingerprint density at radius 2 is 1.79 bits per heavy atom. The molecule has 0 spiro atoms. The van der Waals surface area contributed by atoms with E-state index in [1.54, 1.807) is 43.3 Å². The van der Waals surface area contributed by atoms with E-state index in [9.17, 15) is 27.0 Å². The lowest BCUT2D eigenvalue weighted by atomic mass is 10.2. The fourth-order valence-electron chi connectivity index (χ4n) is 3.91. The summed E-state index contributed by atoms with van der Waals surface area (Å²) in [6.07, 6.45) is -3.25. The summed E-state index contributed by atoms with van der Waals surface area (Å²) in [6.45, 7) is 2.05. The Balaban J connectivity index is 1.70. The molecule has 0 aliphatic rings. The molecule has 2 amide bonds. The number of pyridine rings is 1. The molecule has 0 saturated carbocycles. The van der Waals surface area contributed by atoms with Crippen LogP contribution in [0.2, 0.25) is 0 Å². The van der Waals surface area contributed by atoms with Gasteiger partial charge < -0.3 is 10.5 Å². The number of halogens is 3. The van der Waals surface area contributed by atoms with Gasteiger partial charge in [-0.15, -0.1) is 0 Å². The highest BCUT2D eigenvalue weighted by atomic mass is 32.2. The number of para-hydroxylation sites is 2. The van der Waals surface area contributed by atoms with Gasteiger partial charge in [0.25, 0.3) is 0 Å². The van der Waals surface area contributed by atoms with Crippen molar-refractivity contribution in [2.45, 2.75) is 30.9 Å². The third-order valence-corrected chi connectivity index (χ3v) is 7.07. The molecule has 13 heteroatoms. The summed E-state index contributed by atoms with van der Waals surface area (Å²) < 4.78 is 57.7. The van der Waals surface area contributed by atoms with Crippen molar-refractivity contribution in [1.29, 1.82) is 0 Å². The van der Waals surface area contributed by atoms with Gasteiger partial charge in [0.1, 0.15) is 5.75 Å². The van der Waals surface area contributed by atoms with E-state index in [-0.39, 0.29) is 34.5 Å². The van der Waals surface area contributed by atoms with Crippen LogP contribution in [-0.2, 0) is 16.6 Å². The van der Waals surface area contributed by atoms with Gasteiger partial charge in [0.15, 0.2) is 6.61 Å². The number of carbonyl (C=O) groups excluding carboxylic acids is 2. The average Bonchev–Trinajstić information content (AvgIpc) is 3.29. The predicted octanol–water partition coefficient (Wildman–Crippen LogP) is 4.58. The van der Waals surface area contributed by atoms with Crippen molar-refractivity contribution >= 4 is 39.5 Å². The predicted molar refractivity (Wildman–Crippen MR) is 139 cm³/mol. The number of benzene rings is 2. The van der Waals surface area contributed by atoms with Gasteiger partial charge >= 0.3 is 12.2 Å². The molecule has 2 aromatic carbocycles. The zero-order valence-corrected chi connectivity index (χ0v) is 21.8. The zero-order valence-electron chi connectivity index (χ0n) is 20.9. The number of imidazole rings is 1. The Kier molecular flexibility index (Phi) is 8.00. The third-order valence-electron chi connectivity index (χ3n) is 5.85. The molecule has 39 heavy (non-hydrogen) atoms. The molecule has 4 rings (SSSR count). The topological polar surface area (TPSA) is 120 Å². The van der Waals surface area contributed by atoms with Crippen LogP contribution in [0.1, 0.15) is 28.5 Å². The first kappa shape index (κ1) is 27.8. The van der Waals surface area contributed by atoms with E-state index in [1.807, 2.05) is 0 Å². The molecule has 4 aromatic rings. The summed E-state index contributed by atoms with van der Waals surface area (Å²) in [6, 6.07) is 13.7. The molecule has 0 radical (unpaired) electrons. The first-order valence-corrected chi connectivity index (χ1v) is 13.0. The molecule has 2 N–H and O–H groups in total. The van der Waals surface area contributed by atoms with Crippen molar-refractivity contribution in [3.63, 3.8) is 0 Å². The molecule has 0 aliphatic heterocycles. The van der Waals surface area contributed by atoms with Gasteiger partial charge in [0.2, 0.25) is 11.1 Å². The molecule has 1 atom stereocenters. The van der Waals surface area contributed by atoms with Crippen LogP contribution in [-0.4, -0.2) is 50.0 Å². The van der Waals surface area contributed by atoms with Gasteiger partial charge in [-0.1, -0.05) is 12.1 Å². The number of hydrogen-bond acceptors (Lipinski definition) is 6. The van der Waals surface area contributed by atoms with Gasteiger partial charge in [-0.3, -0.25) is 18.9 Å². The SMILES string of the molecule is CCN(C(=O)n1c([S@](=O)Cc2nccc(OCC(F)(F)F)c2C)nc2ccccc21)c1ccc(C(N)=O)cc1. The minimum absolute atomic E-state index is 0.0320. The Hall–Kier alpha value is -4.26. The highest BCUT2D eigenvalue weighted by molar-refractivity contribution is 7.84. The maximum Gasteiger partial charge on any atom is 0.422 e. The minimum atomic E-state index is -4.52. The molecule has 0 saturated heterocycles. The molecule has 0 aliphatic carbocycles. The third kappa shape index (κ3) is 6.08. The van der Waals surface area contributed by atoms with Crippen molar-refractivity contribution in [3.8, 4) is 5.75 Å². The van der Waals surface area contributed by atoms with Gasteiger partial charge in [0, 0.05) is 29.6 Å². The second-order valence-corrected chi connectivity index (χ2v) is 9.78. The van der Waals surface area contributed by atoms with Crippen LogP contribution in [0, 0.1) is 6.92 Å². The second kappa shape index (κ2) is 11.2. The molecular formula is C26H24F3N5O4S. The standard InChI is InChI=1S/C26H24F3N5O4S/c1-3-33(18-10-8-17(9-11-18)23(30)35)25(36)34-21-7-5-4-6-19(21)32-24(34)39(37)14-20-16(2)22(12-13-31-20)38-15-26(27,28)29/h4-13H,3,14-15H2,1-2H3,(H2,30,35)/t39-/m1/s1. The molecule has 204 valence electrons. The van der Waals surface area contributed by atoms with Crippen molar-refractivity contribution in [1.82, 2.24) is 14.5 Å². The lowest BCUT2D eigenvalue weighted by Crippen LogP contribution is -2.35. The maximum atomic E-state index is 13.8. The monoisotopic (exact) mass is 559 g/mol. The number of hydrogen-bond donors (Lipinski definition) is 1. The number of fused-ring (bicyclic) bond motifs is 1. The van der Waals surface area contributed by atoms with E-state index in [0.717, 1.165) is 0 Å². The summed E-state index contributed by atoms with van der Waals surface area (Å²) in [5, 5.41) is -0.0452. The number of nitrogens with zero attached hydrogens (tertiary/aromatic N) is 4. The first-order valence-electron chi connectivity index (χ1n) is 11.7. The summed E-state index contributed by atoms with van der Waals surface area (Å²) in [4.78, 5) is 35.3. The van der Waals surface area contributed by atoms with E-state index in [1.165, 1.54) is 40.8 Å². The number of primary amides is 1. The largest absolute Gasteiger partial charge is 0.484 e. The minimum Gasteiger partial charge on any atom is -0.484 e. The molecule has 2 heterocycles. The van der Waals surface area contributed by atoms with E-state index in [4.69, 9.17) is 10.5 Å². The van der Waals surface area contributed by atoms with Crippen LogP contribution in [0.3, 0.4) is 0 Å². The fraction of sp³-hybridized carbons (Fsp3) is 0.231. The number of ether oxygens (including phenoxy) is 1. The van der Waals surface area contributed by atoms with Crippen LogP contribution < -0.4 is 15.4 Å². The van der Waals surface area contributed by atoms with Gasteiger partial charge in [-0.05, 0) is 56.3 Å². The number of amides is 2. The molecule has 2 aromatic heterocycles. The molecular weight excluding hydrogens is 535 g/mol. The van der Waals surface area contributed by atoms with Crippen molar-refractivity contribution in [3.05, 3.63) is 77.6 Å². The summed E-state index contributed by atoms with van der Waals surface area (Å²) in [7, 11) is -1.92. The Morgan fingerprint density at radius 1 is 1.10 bits per heavy atom. The Bertz CT molecular complexity index is 1550. The zero-order chi connectivity index (χ0) is 28.3. The lowest BCUT2D eigenvalue weighted by molar-refractivity contribution is -0.153. The van der Waals surface area contributed by atoms with Crippen LogP contribution in [0.15, 0.2) is 66.0 Å². The number of aromatic nitrogens is 3. The quantitative estimate of drug-likeness (QED) is 0.337. The summed E-state index contributed by atoms with van der Waals surface area (Å²) in [5.41, 5.74) is 7.47. The lowest BCUT2D eigenvalue weighted by Gasteiger charge is -2.22. The highest BCUT2D eigenvalue weighted by Crippen LogP contribution is 2.27. The van der Waals surface area contributed by atoms with Crippen LogP contribution in [0.4, 0.5) is 23.7 Å². The van der Waals surface area contributed by atoms with E-state index in [0.29, 0.717) is 22.3 Å². The van der Waals surface area contributed by atoms with Crippen LogP contribution in [0.5, 0.6) is 5.75 Å². The fourth-order valence-corrected chi connectivity index (χ4v) is 5.15. The van der Waals surface area contributed by atoms with Gasteiger partial charge in [-0.25, -0.2) is 14.3 Å². The van der Waals surface area contributed by atoms with E-state index >= 15 is 0 Å². The van der Waals surface area contributed by atoms with E-state index < -0.39 is 35.5 Å². The molecule has 0 unspecified atom stereocenters. The Morgan fingerprint density at radius 3 is 2.44 bits per heavy atom. The molecule has 0 bridgehead atoms. The van der Waals surface area contributed by atoms with Gasteiger partial charge in [-0.2, -0.15) is 13.2 Å². The maximum absolute atomic E-state index is 13.8. The normalized spacial score (nSPS) is 12.3. The van der Waals surface area contributed by atoms with Gasteiger partial charge in [0.05, 0.1) is 33.3 Å². The van der Waals surface area contributed by atoms with Crippen molar-refractivity contribution < 1.29 is 31.7 Å². The van der Waals surface area contributed by atoms with Crippen molar-refractivity contribution in [2.24, 2.45) is 5.73 Å². The average molecular weight is 560 g/mol. The number of carbonyl (C=O) groups is 2. The first-order chi connectivity index (χ1) is 18.5. The number of anilines is 1. The second-order valence-electron chi connectivity index (χ2n) is 8.43. The smallest absolute Gasteiger partial charge is 0.422 e. The van der Waals surface area contributed by atoms with Crippen LogP contribution >= 0.6 is 0 Å². The van der Waals surface area contributed by atoms with Crippen LogP contribution in [0.25, 0.3) is 11.0 Å². The molecule has 0 fully saturated rings. The summed E-state index contributed by atoms with van der Waals surface area (Å²) >= 11 is 0. The number of nitrogens with two attached hydrogens (primary N) is 1. The molecule has 9 nitrogen and oxygen atoms in total. The number of rotatable bonds is 8. The highest BCUT2D eigenvalue weighted by Gasteiger charge is 2.29. The van der Waals surface area contributed by atoms with Crippen molar-refractivity contribution in [2.75, 3.05) is 18.1 Å².